The number of carboxylic acid groups (broad SMARTS) is 2. The van der Waals surface area contributed by atoms with Gasteiger partial charge in [0.2, 0.25) is 0 Å². The molecule has 0 aromatic heterocycles. The molecule has 0 fully saturated rings. The van der Waals surface area contributed by atoms with Crippen LogP contribution in [0.3, 0.4) is 0 Å². The van der Waals surface area contributed by atoms with Gasteiger partial charge >= 0.3 is 6.16 Å². The average Bonchev–Trinajstić information content (AvgIpc) is 0.811. The second-order valence-corrected chi connectivity index (χ2v) is 0.283. The summed E-state index contributed by atoms with van der Waals surface area (Å²) >= 11 is 0. The summed E-state index contributed by atoms with van der Waals surface area (Å²) in [5.41, 5.74) is 0. The maximum atomic E-state index is 8.56. The minimum absolute atomic E-state index is 0. The summed E-state index contributed by atoms with van der Waals surface area (Å²) in [6.45, 7) is 0. The number of rotatable bonds is 0. The molecule has 0 amide bonds. The zero-order chi connectivity index (χ0) is 3.58. The van der Waals surface area contributed by atoms with Gasteiger partial charge in [0, 0.05) is 39.0 Å². The molecule has 0 heterocycles. The molecular formula is CH5NO3Zn2. The van der Waals surface area contributed by atoms with E-state index in [1.165, 1.54) is 0 Å². The number of carbonyl (C=O) groups is 1. The summed E-state index contributed by atoms with van der Waals surface area (Å²) in [5.74, 6) is 0. The second kappa shape index (κ2) is 16.1. The first-order valence-electron chi connectivity index (χ1n) is 0.651. The predicted molar refractivity (Wildman–Crippen MR) is 15.7 cm³/mol. The molecule has 0 radical (unpaired) electrons. The van der Waals surface area contributed by atoms with Crippen LogP contribution in [-0.2, 0) is 39.0 Å². The van der Waals surface area contributed by atoms with Crippen LogP contribution in [0.5, 0.6) is 0 Å². The molecule has 0 spiro atoms. The minimum Gasteiger partial charge on any atom is -0.450 e. The molecule has 0 aliphatic rings. The summed E-state index contributed by atoms with van der Waals surface area (Å²) in [6, 6.07) is 0. The molecular weight excluding hydrogens is 205 g/mol. The molecule has 7 heavy (non-hydrogen) atoms. The molecule has 0 saturated carbocycles. The fraction of sp³-hybridized carbons (Fsp3) is 0. The molecule has 0 aliphatic heterocycles. The van der Waals surface area contributed by atoms with Crippen molar-refractivity contribution < 1.29 is 54.0 Å². The Balaban J connectivity index is -0.0000000150. The third-order valence-corrected chi connectivity index (χ3v) is 0. The first-order chi connectivity index (χ1) is 1.73. The largest absolute Gasteiger partial charge is 0.503 e. The third kappa shape index (κ3) is 571. The zero-order valence-electron chi connectivity index (χ0n) is 3.92. The molecule has 0 aromatic carbocycles. The van der Waals surface area contributed by atoms with Gasteiger partial charge in [0.1, 0.15) is 0 Å². The quantitative estimate of drug-likeness (QED) is 0.503. The molecule has 0 aliphatic carbocycles. The van der Waals surface area contributed by atoms with Crippen LogP contribution in [-0.4, -0.2) is 16.4 Å². The predicted octanol–water partition coefficient (Wildman–Crippen LogP) is 0.379. The van der Waals surface area contributed by atoms with Crippen LogP contribution in [0.25, 0.3) is 0 Å². The first-order valence-corrected chi connectivity index (χ1v) is 0.651. The van der Waals surface area contributed by atoms with Crippen molar-refractivity contribution in [3.05, 3.63) is 0 Å². The van der Waals surface area contributed by atoms with E-state index in [1.807, 2.05) is 0 Å². The van der Waals surface area contributed by atoms with Gasteiger partial charge in [0.25, 0.3) is 0 Å². The SMILES string of the molecule is N.O=C(O)O.[Zn].[Zn]. The summed E-state index contributed by atoms with van der Waals surface area (Å²) in [5, 5.41) is 13.9. The van der Waals surface area contributed by atoms with E-state index in [2.05, 4.69) is 0 Å². The van der Waals surface area contributed by atoms with Crippen molar-refractivity contribution in [1.29, 1.82) is 0 Å². The monoisotopic (exact) mass is 207 g/mol. The first kappa shape index (κ1) is 25.9. The molecule has 0 bridgehead atoms. The Morgan fingerprint density at radius 2 is 1.14 bits per heavy atom. The molecule has 5 N–H and O–H groups in total. The molecule has 0 unspecified atom stereocenters. The zero-order valence-corrected chi connectivity index (χ0v) is 9.86. The second-order valence-electron chi connectivity index (χ2n) is 0.283. The smallest absolute Gasteiger partial charge is 0.450 e. The van der Waals surface area contributed by atoms with E-state index in [0.717, 1.165) is 0 Å². The third-order valence-electron chi connectivity index (χ3n) is 0. The van der Waals surface area contributed by atoms with E-state index in [1.54, 1.807) is 0 Å². The molecule has 0 atom stereocenters. The number of hydrogen-bond acceptors (Lipinski definition) is 2. The van der Waals surface area contributed by atoms with Crippen molar-refractivity contribution in [2.45, 2.75) is 0 Å². The van der Waals surface area contributed by atoms with E-state index >= 15 is 0 Å². The van der Waals surface area contributed by atoms with Gasteiger partial charge in [-0.05, 0) is 0 Å². The van der Waals surface area contributed by atoms with Gasteiger partial charge in [0.05, 0.1) is 0 Å². The van der Waals surface area contributed by atoms with E-state index in [-0.39, 0.29) is 45.1 Å². The standard InChI is InChI=1S/CH2O3.H3N.2Zn/c2-1(3)4;;;/h(H2,2,3,4);1H3;;. The summed E-state index contributed by atoms with van der Waals surface area (Å²) in [4.78, 5) is 8.56. The van der Waals surface area contributed by atoms with Gasteiger partial charge < -0.3 is 16.4 Å². The van der Waals surface area contributed by atoms with Crippen LogP contribution in [0.15, 0.2) is 0 Å². The minimum atomic E-state index is -1.83. The Labute approximate surface area is 66.4 Å². The summed E-state index contributed by atoms with van der Waals surface area (Å²) in [6.07, 6.45) is -1.83. The normalized spacial score (nSPS) is 3.43. The van der Waals surface area contributed by atoms with E-state index in [0.29, 0.717) is 0 Å². The van der Waals surface area contributed by atoms with Crippen LogP contribution in [0.2, 0.25) is 0 Å². The van der Waals surface area contributed by atoms with Gasteiger partial charge in [-0.25, -0.2) is 4.79 Å². The molecule has 0 aromatic rings. The Morgan fingerprint density at radius 3 is 1.14 bits per heavy atom. The van der Waals surface area contributed by atoms with Crippen molar-refractivity contribution in [1.82, 2.24) is 6.15 Å². The van der Waals surface area contributed by atoms with E-state index in [9.17, 15) is 0 Å². The van der Waals surface area contributed by atoms with Crippen molar-refractivity contribution in [2.24, 2.45) is 0 Å². The van der Waals surface area contributed by atoms with Crippen molar-refractivity contribution in [3.63, 3.8) is 0 Å². The Kier molecular flexibility index (Phi) is 59.6. The van der Waals surface area contributed by atoms with E-state index in [4.69, 9.17) is 15.0 Å². The van der Waals surface area contributed by atoms with Gasteiger partial charge in [-0.3, -0.25) is 0 Å². The fourth-order valence-corrected chi connectivity index (χ4v) is 0. The number of hydrogen-bond donors (Lipinski definition) is 3. The Bertz CT molecular complexity index is 35.9. The topological polar surface area (TPSA) is 92.5 Å². The Morgan fingerprint density at radius 1 is 1.14 bits per heavy atom. The van der Waals surface area contributed by atoms with Crippen molar-refractivity contribution in [2.75, 3.05) is 0 Å². The van der Waals surface area contributed by atoms with Gasteiger partial charge in [0.15, 0.2) is 0 Å². The van der Waals surface area contributed by atoms with Crippen LogP contribution in [0, 0.1) is 0 Å². The fourth-order valence-electron chi connectivity index (χ4n) is 0. The summed E-state index contributed by atoms with van der Waals surface area (Å²) < 4.78 is 0. The molecule has 0 saturated heterocycles. The van der Waals surface area contributed by atoms with Crippen LogP contribution >= 0.6 is 0 Å². The van der Waals surface area contributed by atoms with Crippen LogP contribution in [0.4, 0.5) is 4.79 Å². The van der Waals surface area contributed by atoms with Crippen LogP contribution < -0.4 is 6.15 Å². The van der Waals surface area contributed by atoms with Crippen molar-refractivity contribution in [3.8, 4) is 0 Å². The Hall–Kier alpha value is 0.477. The van der Waals surface area contributed by atoms with Crippen molar-refractivity contribution >= 4 is 6.16 Å². The molecule has 0 rings (SSSR count). The van der Waals surface area contributed by atoms with Crippen LogP contribution in [0.1, 0.15) is 0 Å². The average molecular weight is 210 g/mol. The molecule has 6 heteroatoms. The van der Waals surface area contributed by atoms with Gasteiger partial charge in [-0.2, -0.15) is 0 Å². The molecule has 36 valence electrons. The molecule has 4 nitrogen and oxygen atoms in total. The van der Waals surface area contributed by atoms with Gasteiger partial charge in [-0.1, -0.05) is 0 Å². The maximum Gasteiger partial charge on any atom is 0.503 e. The maximum absolute atomic E-state index is 8.56. The van der Waals surface area contributed by atoms with Gasteiger partial charge in [-0.15, -0.1) is 0 Å². The van der Waals surface area contributed by atoms with E-state index < -0.39 is 6.16 Å². The summed E-state index contributed by atoms with van der Waals surface area (Å²) in [7, 11) is 0.